The predicted molar refractivity (Wildman–Crippen MR) is 195 cm³/mol. The molecule has 6 rings (SSSR count). The third-order valence-electron chi connectivity index (χ3n) is 8.58. The summed E-state index contributed by atoms with van der Waals surface area (Å²) in [5, 5.41) is 15.5. The number of nitrogens with one attached hydrogen (secondary N) is 3. The van der Waals surface area contributed by atoms with Gasteiger partial charge in [-0.3, -0.25) is 15.0 Å². The van der Waals surface area contributed by atoms with Crippen LogP contribution in [0.4, 0.5) is 22.1 Å². The fourth-order valence-electron chi connectivity index (χ4n) is 5.68. The fraction of sp³-hybridized carbons (Fsp3) is 0.316. The van der Waals surface area contributed by atoms with E-state index in [1.54, 1.807) is 10.9 Å². The number of carbonyl (C=O) groups excluding carboxylic acids is 2. The van der Waals surface area contributed by atoms with E-state index < -0.39 is 0 Å². The number of pyridine rings is 1. The molecule has 1 aliphatic heterocycles. The van der Waals surface area contributed by atoms with E-state index in [2.05, 4.69) is 58.6 Å². The molecule has 5 aromatic rings. The van der Waals surface area contributed by atoms with Crippen LogP contribution in [0, 0.1) is 6.92 Å². The molecule has 0 radical (unpaired) electrons. The number of urea groups is 1. The number of hydrogen-bond acceptors (Lipinski definition) is 7. The Morgan fingerprint density at radius 1 is 0.857 bits per heavy atom. The first-order chi connectivity index (χ1) is 23.5. The van der Waals surface area contributed by atoms with Gasteiger partial charge in [-0.15, -0.1) is 0 Å². The molecule has 0 atom stereocenters. The second-order valence-electron chi connectivity index (χ2n) is 13.6. The highest BCUT2D eigenvalue weighted by Gasteiger charge is 2.22. The van der Waals surface area contributed by atoms with Crippen LogP contribution in [0.25, 0.3) is 16.5 Å². The van der Waals surface area contributed by atoms with Crippen molar-refractivity contribution in [2.45, 2.75) is 39.7 Å². The molecule has 11 heteroatoms. The van der Waals surface area contributed by atoms with Gasteiger partial charge in [-0.05, 0) is 55.9 Å². The minimum atomic E-state index is -0.383. The van der Waals surface area contributed by atoms with E-state index in [-0.39, 0.29) is 24.0 Å². The smallest absolute Gasteiger partial charge is 0.324 e. The molecule has 254 valence electrons. The minimum Gasteiger partial charge on any atom is -0.488 e. The van der Waals surface area contributed by atoms with Crippen LogP contribution >= 0.6 is 0 Å². The van der Waals surface area contributed by atoms with Crippen LogP contribution in [0.3, 0.4) is 0 Å². The van der Waals surface area contributed by atoms with Crippen LogP contribution in [0.1, 0.15) is 37.6 Å². The number of carbonyl (C=O) groups is 2. The van der Waals surface area contributed by atoms with Gasteiger partial charge in [0.05, 0.1) is 23.6 Å². The molecule has 1 fully saturated rings. The van der Waals surface area contributed by atoms with Gasteiger partial charge in [0.1, 0.15) is 24.0 Å². The Morgan fingerprint density at radius 3 is 2.33 bits per heavy atom. The van der Waals surface area contributed by atoms with E-state index >= 15 is 0 Å². The fourth-order valence-corrected chi connectivity index (χ4v) is 5.68. The summed E-state index contributed by atoms with van der Waals surface area (Å²) in [5.41, 5.74) is 4.18. The van der Waals surface area contributed by atoms with E-state index in [1.807, 2.05) is 85.8 Å². The van der Waals surface area contributed by atoms with E-state index in [0.29, 0.717) is 29.6 Å². The monoisotopic (exact) mass is 660 g/mol. The second kappa shape index (κ2) is 14.5. The first-order valence-corrected chi connectivity index (χ1v) is 16.6. The maximum atomic E-state index is 13.4. The number of aryl methyl sites for hydroxylation is 1. The van der Waals surface area contributed by atoms with Gasteiger partial charge in [0.2, 0.25) is 5.91 Å². The third kappa shape index (κ3) is 8.43. The Hall–Kier alpha value is -5.26. The summed E-state index contributed by atoms with van der Waals surface area (Å²) in [6, 6.07) is 24.7. The quantitative estimate of drug-likeness (QED) is 0.167. The average Bonchev–Trinajstić information content (AvgIpc) is 3.50. The van der Waals surface area contributed by atoms with Crippen LogP contribution in [-0.4, -0.2) is 76.3 Å². The number of fused-ring (bicyclic) bond motifs is 1. The van der Waals surface area contributed by atoms with Crippen molar-refractivity contribution in [1.29, 1.82) is 0 Å². The Kier molecular flexibility index (Phi) is 9.93. The summed E-state index contributed by atoms with van der Waals surface area (Å²) in [4.78, 5) is 34.8. The lowest BCUT2D eigenvalue weighted by Gasteiger charge is -2.31. The molecule has 49 heavy (non-hydrogen) atoms. The number of hydrogen-bond donors (Lipinski definition) is 3. The van der Waals surface area contributed by atoms with Gasteiger partial charge in [-0.25, -0.2) is 14.5 Å². The number of benzene rings is 3. The molecule has 0 bridgehead atoms. The Labute approximate surface area is 287 Å². The van der Waals surface area contributed by atoms with Crippen molar-refractivity contribution in [1.82, 2.24) is 24.6 Å². The van der Waals surface area contributed by atoms with Crippen molar-refractivity contribution in [2.24, 2.45) is 0 Å². The zero-order valence-corrected chi connectivity index (χ0v) is 28.8. The molecule has 0 saturated carbocycles. The summed E-state index contributed by atoms with van der Waals surface area (Å²) in [7, 11) is 2.09. The van der Waals surface area contributed by atoms with Crippen molar-refractivity contribution in [3.63, 3.8) is 0 Å². The summed E-state index contributed by atoms with van der Waals surface area (Å²) in [5.74, 6) is 1.66. The van der Waals surface area contributed by atoms with Crippen molar-refractivity contribution in [3.05, 3.63) is 102 Å². The maximum absolute atomic E-state index is 13.4. The first-order valence-electron chi connectivity index (χ1n) is 16.6. The number of rotatable bonds is 9. The summed E-state index contributed by atoms with van der Waals surface area (Å²) < 4.78 is 8.03. The molecule has 1 saturated heterocycles. The molecule has 3 amide bonds. The van der Waals surface area contributed by atoms with Crippen LogP contribution in [0.2, 0.25) is 0 Å². The molecular formula is C38H44N8O3. The van der Waals surface area contributed by atoms with Gasteiger partial charge in [-0.1, -0.05) is 62.7 Å². The minimum absolute atomic E-state index is 0.0810. The SMILES string of the molecule is Cc1ccc(-n2nc(C(C)(C)C)cc2NC(=O)Nc2ccc(OCc3ccnc(NC(=O)CN4CCN(C)CC4)c3)c3ccccc23)cc1. The number of amides is 3. The maximum Gasteiger partial charge on any atom is 0.324 e. The highest BCUT2D eigenvalue weighted by atomic mass is 16.5. The van der Waals surface area contributed by atoms with E-state index in [1.165, 1.54) is 0 Å². The third-order valence-corrected chi connectivity index (χ3v) is 8.58. The van der Waals surface area contributed by atoms with E-state index in [9.17, 15) is 9.59 Å². The molecule has 3 heterocycles. The van der Waals surface area contributed by atoms with Gasteiger partial charge in [0.25, 0.3) is 0 Å². The van der Waals surface area contributed by atoms with Crippen LogP contribution in [-0.2, 0) is 16.8 Å². The number of nitrogens with zero attached hydrogens (tertiary/aromatic N) is 5. The van der Waals surface area contributed by atoms with Gasteiger partial charge in [0, 0.05) is 54.6 Å². The molecule has 3 N–H and O–H groups in total. The number of likely N-dealkylation sites (N-methyl/N-ethyl adjacent to an activating group) is 1. The highest BCUT2D eigenvalue weighted by Crippen LogP contribution is 2.33. The normalized spacial score (nSPS) is 14.1. The molecule has 0 spiro atoms. The number of ether oxygens (including phenoxy) is 1. The number of piperazine rings is 1. The standard InChI is InChI=1S/C38H44N8O3/c1-26-10-12-28(13-11-26)46-35(23-33(43-46)38(2,3)4)42-37(48)40-31-14-15-32(30-9-7-6-8-29(30)31)49-25-27-16-17-39-34(22-27)41-36(47)24-45-20-18-44(5)19-21-45/h6-17,22-23H,18-21,24-25H2,1-5H3,(H,39,41,47)(H2,40,42,48). The van der Waals surface area contributed by atoms with Gasteiger partial charge >= 0.3 is 6.03 Å². The Bertz CT molecular complexity index is 1940. The molecule has 11 nitrogen and oxygen atoms in total. The molecule has 2 aromatic heterocycles. The predicted octanol–water partition coefficient (Wildman–Crippen LogP) is 6.44. The average molecular weight is 661 g/mol. The number of anilines is 3. The Balaban J connectivity index is 1.13. The van der Waals surface area contributed by atoms with Crippen molar-refractivity contribution < 1.29 is 14.3 Å². The zero-order valence-electron chi connectivity index (χ0n) is 28.8. The molecular weight excluding hydrogens is 616 g/mol. The van der Waals surface area contributed by atoms with Gasteiger partial charge in [-0.2, -0.15) is 5.10 Å². The lowest BCUT2D eigenvalue weighted by molar-refractivity contribution is -0.117. The van der Waals surface area contributed by atoms with Crippen molar-refractivity contribution in [3.8, 4) is 11.4 Å². The molecule has 1 aliphatic rings. The van der Waals surface area contributed by atoms with Crippen LogP contribution in [0.15, 0.2) is 85.1 Å². The van der Waals surface area contributed by atoms with Crippen molar-refractivity contribution in [2.75, 3.05) is 55.7 Å². The second-order valence-corrected chi connectivity index (χ2v) is 13.6. The summed E-state index contributed by atoms with van der Waals surface area (Å²) in [6.07, 6.45) is 1.67. The van der Waals surface area contributed by atoms with E-state index in [0.717, 1.165) is 59.5 Å². The Morgan fingerprint density at radius 2 is 1.59 bits per heavy atom. The zero-order chi connectivity index (χ0) is 34.5. The molecule has 0 aliphatic carbocycles. The first kappa shape index (κ1) is 33.6. The van der Waals surface area contributed by atoms with Gasteiger partial charge < -0.3 is 20.3 Å². The lowest BCUT2D eigenvalue weighted by atomic mass is 9.92. The van der Waals surface area contributed by atoms with Gasteiger partial charge in [0.15, 0.2) is 0 Å². The van der Waals surface area contributed by atoms with E-state index in [4.69, 9.17) is 9.84 Å². The topological polar surface area (TPSA) is 117 Å². The summed E-state index contributed by atoms with van der Waals surface area (Å²) in [6.45, 7) is 12.6. The van der Waals surface area contributed by atoms with Crippen molar-refractivity contribution >= 4 is 40.0 Å². The van der Waals surface area contributed by atoms with Crippen LogP contribution in [0.5, 0.6) is 5.75 Å². The lowest BCUT2D eigenvalue weighted by Crippen LogP contribution is -2.47. The summed E-state index contributed by atoms with van der Waals surface area (Å²) >= 11 is 0. The highest BCUT2D eigenvalue weighted by molar-refractivity contribution is 6.07. The molecule has 3 aromatic carbocycles. The van der Waals surface area contributed by atoms with Crippen LogP contribution < -0.4 is 20.7 Å². The largest absolute Gasteiger partial charge is 0.488 e. The number of aromatic nitrogens is 3. The molecule has 0 unspecified atom stereocenters.